The van der Waals surface area contributed by atoms with Gasteiger partial charge in [-0.1, -0.05) is 65.9 Å². The van der Waals surface area contributed by atoms with Crippen LogP contribution in [0.1, 0.15) is 29.7 Å². The quantitative estimate of drug-likeness (QED) is 0.307. The first-order valence-electron chi connectivity index (χ1n) is 12.8. The molecule has 1 aliphatic rings. The minimum absolute atomic E-state index is 0.157. The Morgan fingerprint density at radius 1 is 1.02 bits per heavy atom. The standard InChI is InChI=1S/C31H26N2O7S/c1-3-39-30(37)26-27(20-9-5-4-6-10-20)32-31-33(28(26)21-12-14-22(38-2)15-13-21)29(36)24(41-31)17-19-8-7-11-23(16-19)40-18-25(34)35/h4-17,28H,3,18H2,1-2H3,(H,34,35)/b24-17+. The minimum Gasteiger partial charge on any atom is -0.497 e. The SMILES string of the molecule is CCOC(=O)C1=C(c2ccccc2)N=c2s/c(=C/c3cccc(OCC(=O)O)c3)c(=O)n2C1c1ccc(OC)cc1. The van der Waals surface area contributed by atoms with E-state index < -0.39 is 24.6 Å². The Morgan fingerprint density at radius 2 is 1.78 bits per heavy atom. The predicted octanol–water partition coefficient (Wildman–Crippen LogP) is 3.41. The summed E-state index contributed by atoms with van der Waals surface area (Å²) in [7, 11) is 1.57. The van der Waals surface area contributed by atoms with Crippen molar-refractivity contribution in [3.63, 3.8) is 0 Å². The first-order valence-corrected chi connectivity index (χ1v) is 13.6. The molecule has 1 unspecified atom stereocenters. The molecule has 0 saturated heterocycles. The van der Waals surface area contributed by atoms with Gasteiger partial charge in [0.1, 0.15) is 11.5 Å². The molecule has 1 atom stereocenters. The number of rotatable bonds is 9. The Hall–Kier alpha value is -4.96. The van der Waals surface area contributed by atoms with Gasteiger partial charge in [-0.2, -0.15) is 0 Å². The molecule has 5 rings (SSSR count). The van der Waals surface area contributed by atoms with Crippen LogP contribution in [0.25, 0.3) is 11.8 Å². The van der Waals surface area contributed by atoms with E-state index in [1.807, 2.05) is 42.5 Å². The summed E-state index contributed by atoms with van der Waals surface area (Å²) in [6, 6.07) is 22.5. The molecule has 3 aromatic carbocycles. The number of esters is 1. The van der Waals surface area contributed by atoms with Crippen LogP contribution in [0.3, 0.4) is 0 Å². The van der Waals surface area contributed by atoms with E-state index in [0.717, 1.165) is 5.56 Å². The lowest BCUT2D eigenvalue weighted by atomic mass is 9.93. The molecule has 10 heteroatoms. The van der Waals surface area contributed by atoms with Crippen molar-refractivity contribution in [3.05, 3.63) is 121 Å². The van der Waals surface area contributed by atoms with Gasteiger partial charge in [0, 0.05) is 5.56 Å². The monoisotopic (exact) mass is 570 g/mol. The molecule has 9 nitrogen and oxygen atoms in total. The number of hydrogen-bond acceptors (Lipinski definition) is 8. The van der Waals surface area contributed by atoms with Crippen LogP contribution in [0.4, 0.5) is 0 Å². The molecule has 208 valence electrons. The van der Waals surface area contributed by atoms with Crippen LogP contribution in [-0.4, -0.2) is 41.9 Å². The van der Waals surface area contributed by atoms with Crippen LogP contribution in [0.2, 0.25) is 0 Å². The summed E-state index contributed by atoms with van der Waals surface area (Å²) in [5, 5.41) is 8.93. The van der Waals surface area contributed by atoms with E-state index in [0.29, 0.717) is 37.7 Å². The number of thiazole rings is 1. The number of carboxylic acids is 1. The Labute approximate surface area is 238 Å². The lowest BCUT2D eigenvalue weighted by Crippen LogP contribution is -2.40. The lowest BCUT2D eigenvalue weighted by Gasteiger charge is -2.26. The van der Waals surface area contributed by atoms with Crippen molar-refractivity contribution in [3.8, 4) is 11.5 Å². The van der Waals surface area contributed by atoms with Crippen LogP contribution >= 0.6 is 11.3 Å². The normalized spacial score (nSPS) is 14.7. The highest BCUT2D eigenvalue weighted by Gasteiger charge is 2.35. The number of fused-ring (bicyclic) bond motifs is 1. The number of methoxy groups -OCH3 is 1. The van der Waals surface area contributed by atoms with Crippen LogP contribution in [0.5, 0.6) is 11.5 Å². The van der Waals surface area contributed by atoms with E-state index in [-0.39, 0.29) is 17.7 Å². The molecule has 0 radical (unpaired) electrons. The summed E-state index contributed by atoms with van der Waals surface area (Å²) in [5.74, 6) is -0.653. The number of carboxylic acid groups (broad SMARTS) is 1. The van der Waals surface area contributed by atoms with Gasteiger partial charge >= 0.3 is 11.9 Å². The molecule has 2 heterocycles. The molecule has 1 N–H and O–H groups in total. The largest absolute Gasteiger partial charge is 0.497 e. The van der Waals surface area contributed by atoms with Crippen molar-refractivity contribution in [2.75, 3.05) is 20.3 Å². The molecule has 0 fully saturated rings. The van der Waals surface area contributed by atoms with E-state index in [4.69, 9.17) is 24.3 Å². The van der Waals surface area contributed by atoms with Crippen molar-refractivity contribution in [2.45, 2.75) is 13.0 Å². The van der Waals surface area contributed by atoms with E-state index in [1.165, 1.54) is 15.9 Å². The van der Waals surface area contributed by atoms with E-state index in [9.17, 15) is 14.4 Å². The third-order valence-electron chi connectivity index (χ3n) is 6.32. The molecule has 4 aromatic rings. The Balaban J connectivity index is 1.74. The van der Waals surface area contributed by atoms with Gasteiger partial charge in [-0.3, -0.25) is 9.36 Å². The fraction of sp³-hybridized carbons (Fsp3) is 0.161. The van der Waals surface area contributed by atoms with Crippen molar-refractivity contribution >= 4 is 35.0 Å². The molecule has 0 aliphatic carbocycles. The maximum atomic E-state index is 14.0. The number of aromatic nitrogens is 1. The number of carbonyl (C=O) groups is 2. The third kappa shape index (κ3) is 5.82. The molecule has 41 heavy (non-hydrogen) atoms. The average Bonchev–Trinajstić information content (AvgIpc) is 3.30. The zero-order chi connectivity index (χ0) is 28.9. The summed E-state index contributed by atoms with van der Waals surface area (Å²) in [6.07, 6.45) is 1.69. The second-order valence-electron chi connectivity index (χ2n) is 8.96. The van der Waals surface area contributed by atoms with Crippen LogP contribution in [0.15, 0.2) is 94.2 Å². The second-order valence-corrected chi connectivity index (χ2v) is 9.97. The number of nitrogens with zero attached hydrogens (tertiary/aromatic N) is 2. The number of benzene rings is 3. The molecular formula is C31H26N2O7S. The van der Waals surface area contributed by atoms with Crippen LogP contribution < -0.4 is 24.4 Å². The van der Waals surface area contributed by atoms with Crippen molar-refractivity contribution in [2.24, 2.45) is 4.99 Å². The second kappa shape index (κ2) is 12.1. The fourth-order valence-electron chi connectivity index (χ4n) is 4.53. The van der Waals surface area contributed by atoms with E-state index in [2.05, 4.69) is 0 Å². The summed E-state index contributed by atoms with van der Waals surface area (Å²) in [6.45, 7) is 1.41. The summed E-state index contributed by atoms with van der Waals surface area (Å²) in [4.78, 5) is 43.6. The van der Waals surface area contributed by atoms with Gasteiger partial charge in [0.05, 0.1) is 35.6 Å². The summed E-state index contributed by atoms with van der Waals surface area (Å²) in [5.41, 5.74) is 2.41. The highest BCUT2D eigenvalue weighted by molar-refractivity contribution is 7.07. The lowest BCUT2D eigenvalue weighted by molar-refractivity contribution is -0.140. The van der Waals surface area contributed by atoms with Crippen molar-refractivity contribution < 1.29 is 28.9 Å². The van der Waals surface area contributed by atoms with Crippen molar-refractivity contribution in [1.82, 2.24) is 4.57 Å². The number of hydrogen-bond donors (Lipinski definition) is 1. The third-order valence-corrected chi connectivity index (χ3v) is 7.31. The van der Waals surface area contributed by atoms with E-state index >= 15 is 0 Å². The summed E-state index contributed by atoms with van der Waals surface area (Å²) < 4.78 is 18.0. The molecule has 0 bridgehead atoms. The number of carbonyl (C=O) groups excluding carboxylic acids is 1. The average molecular weight is 571 g/mol. The minimum atomic E-state index is -1.09. The van der Waals surface area contributed by atoms with Gasteiger partial charge in [0.25, 0.3) is 5.56 Å². The molecule has 0 spiro atoms. The Bertz CT molecular complexity index is 1810. The topological polar surface area (TPSA) is 116 Å². The van der Waals surface area contributed by atoms with Crippen LogP contribution in [0, 0.1) is 0 Å². The van der Waals surface area contributed by atoms with Gasteiger partial charge in [-0.25, -0.2) is 14.6 Å². The van der Waals surface area contributed by atoms with E-state index in [1.54, 1.807) is 56.5 Å². The Morgan fingerprint density at radius 3 is 2.46 bits per heavy atom. The molecule has 0 saturated carbocycles. The van der Waals surface area contributed by atoms with Gasteiger partial charge < -0.3 is 19.3 Å². The maximum Gasteiger partial charge on any atom is 0.341 e. The van der Waals surface area contributed by atoms with Gasteiger partial charge in [-0.05, 0) is 48.4 Å². The van der Waals surface area contributed by atoms with Crippen LogP contribution in [-0.2, 0) is 14.3 Å². The smallest absolute Gasteiger partial charge is 0.341 e. The zero-order valence-corrected chi connectivity index (χ0v) is 23.1. The fourth-order valence-corrected chi connectivity index (χ4v) is 5.53. The summed E-state index contributed by atoms with van der Waals surface area (Å²) >= 11 is 1.19. The Kier molecular flexibility index (Phi) is 8.11. The number of aliphatic carboxylic acids is 1. The zero-order valence-electron chi connectivity index (χ0n) is 22.3. The van der Waals surface area contributed by atoms with Gasteiger partial charge in [0.15, 0.2) is 11.4 Å². The van der Waals surface area contributed by atoms with Crippen molar-refractivity contribution in [1.29, 1.82) is 0 Å². The predicted molar refractivity (Wildman–Crippen MR) is 154 cm³/mol. The molecule has 0 amide bonds. The molecule has 1 aliphatic heterocycles. The first kappa shape index (κ1) is 27.6. The van der Waals surface area contributed by atoms with Gasteiger partial charge in [0.2, 0.25) is 0 Å². The first-order chi connectivity index (χ1) is 19.9. The molecular weight excluding hydrogens is 544 g/mol. The number of ether oxygens (including phenoxy) is 3. The van der Waals surface area contributed by atoms with Gasteiger partial charge in [-0.15, -0.1) is 0 Å². The highest BCUT2D eigenvalue weighted by atomic mass is 32.1. The maximum absolute atomic E-state index is 14.0. The highest BCUT2D eigenvalue weighted by Crippen LogP contribution is 2.35. The molecule has 1 aromatic heterocycles.